The predicted octanol–water partition coefficient (Wildman–Crippen LogP) is 9.41. The molecule has 44 heavy (non-hydrogen) atoms. The van der Waals surface area contributed by atoms with Crippen molar-refractivity contribution < 1.29 is 23.8 Å². The highest BCUT2D eigenvalue weighted by molar-refractivity contribution is 7.98. The van der Waals surface area contributed by atoms with Crippen molar-refractivity contribution in [1.29, 1.82) is 0 Å². The average Bonchev–Trinajstić information content (AvgIpc) is 3.53. The number of nitrogens with one attached hydrogen (secondary N) is 1. The van der Waals surface area contributed by atoms with E-state index in [1.165, 1.54) is 12.8 Å². The molecule has 4 rings (SSSR count). The van der Waals surface area contributed by atoms with E-state index in [1.807, 2.05) is 106 Å². The Bertz CT molecular complexity index is 1410. The fourth-order valence-corrected chi connectivity index (χ4v) is 4.66. The normalized spacial score (nSPS) is 11.0. The highest BCUT2D eigenvalue weighted by Crippen LogP contribution is 2.29. The quantitative estimate of drug-likeness (QED) is 0.155. The van der Waals surface area contributed by atoms with Crippen molar-refractivity contribution in [1.82, 2.24) is 5.32 Å². The molecule has 2 N–H and O–H groups in total. The summed E-state index contributed by atoms with van der Waals surface area (Å²) in [5.41, 5.74) is 4.99. The summed E-state index contributed by atoms with van der Waals surface area (Å²) >= 11 is 1.54. The van der Waals surface area contributed by atoms with Crippen LogP contribution >= 0.6 is 11.8 Å². The number of amides is 1. The summed E-state index contributed by atoms with van der Waals surface area (Å²) in [5, 5.41) is 12.3. The van der Waals surface area contributed by atoms with Gasteiger partial charge in [-0.2, -0.15) is 11.8 Å². The van der Waals surface area contributed by atoms with E-state index in [9.17, 15) is 14.7 Å². The molecule has 1 unspecified atom stereocenters. The van der Waals surface area contributed by atoms with E-state index in [-0.39, 0.29) is 0 Å². The first-order valence-corrected chi connectivity index (χ1v) is 16.7. The third kappa shape index (κ3) is 11.4. The van der Waals surface area contributed by atoms with Gasteiger partial charge < -0.3 is 19.6 Å². The Balaban J connectivity index is 0.00000104. The minimum atomic E-state index is -1.04. The Morgan fingerprint density at radius 2 is 1.57 bits per heavy atom. The van der Waals surface area contributed by atoms with Crippen LogP contribution in [0.15, 0.2) is 89.3 Å². The molecule has 6 nitrogen and oxygen atoms in total. The first-order valence-electron chi connectivity index (χ1n) is 15.3. The number of rotatable bonds is 13. The molecule has 0 fully saturated rings. The van der Waals surface area contributed by atoms with Crippen LogP contribution in [-0.4, -0.2) is 35.0 Å². The number of aryl methyl sites for hydroxylation is 1. The molecule has 1 atom stereocenters. The maximum absolute atomic E-state index is 13.2. The summed E-state index contributed by atoms with van der Waals surface area (Å²) in [4.78, 5) is 24.9. The average molecular weight is 618 g/mol. The number of hydrogen-bond donors (Lipinski definition) is 2. The van der Waals surface area contributed by atoms with Crippen molar-refractivity contribution in [3.05, 3.63) is 107 Å². The third-order valence-corrected chi connectivity index (χ3v) is 7.35. The largest absolute Gasteiger partial charge is 0.480 e. The number of benzene rings is 3. The summed E-state index contributed by atoms with van der Waals surface area (Å²) in [6.07, 6.45) is 4.90. The van der Waals surface area contributed by atoms with Crippen molar-refractivity contribution in [2.75, 3.05) is 12.0 Å². The Morgan fingerprint density at radius 3 is 2.20 bits per heavy atom. The van der Waals surface area contributed by atoms with E-state index in [4.69, 9.17) is 9.15 Å². The number of thioether (sulfide) groups is 1. The lowest BCUT2D eigenvalue weighted by atomic mass is 9.93. The molecule has 236 valence electrons. The molecule has 0 spiro atoms. The zero-order chi connectivity index (χ0) is 32.3. The van der Waals surface area contributed by atoms with Crippen LogP contribution in [0.2, 0.25) is 0 Å². The molecule has 0 radical (unpaired) electrons. The minimum absolute atomic E-state index is 0.310. The number of hydrogen-bond acceptors (Lipinski definition) is 5. The van der Waals surface area contributed by atoms with Crippen molar-refractivity contribution in [2.24, 2.45) is 0 Å². The van der Waals surface area contributed by atoms with Gasteiger partial charge in [0, 0.05) is 11.1 Å². The second-order valence-electron chi connectivity index (χ2n) is 9.97. The molecule has 0 aliphatic rings. The van der Waals surface area contributed by atoms with Crippen LogP contribution in [0.1, 0.15) is 74.2 Å². The first-order chi connectivity index (χ1) is 21.4. The summed E-state index contributed by atoms with van der Waals surface area (Å²) in [7, 11) is 0. The van der Waals surface area contributed by atoms with Crippen molar-refractivity contribution in [2.45, 2.75) is 73.1 Å². The first kappa shape index (κ1) is 36.4. The molecule has 1 heterocycles. The van der Waals surface area contributed by atoms with E-state index in [0.717, 1.165) is 39.3 Å². The molecule has 1 aromatic heterocycles. The van der Waals surface area contributed by atoms with Crippen LogP contribution in [0, 0.1) is 6.92 Å². The lowest BCUT2D eigenvalue weighted by molar-refractivity contribution is -0.139. The monoisotopic (exact) mass is 617 g/mol. The van der Waals surface area contributed by atoms with Crippen LogP contribution in [0.4, 0.5) is 0 Å². The topological polar surface area (TPSA) is 88.8 Å². The second-order valence-corrected chi connectivity index (χ2v) is 11.0. The number of carbonyl (C=O) groups is 2. The number of carboxylic acid groups (broad SMARTS) is 1. The van der Waals surface area contributed by atoms with Crippen LogP contribution in [0.5, 0.6) is 0 Å². The van der Waals surface area contributed by atoms with Gasteiger partial charge in [0.1, 0.15) is 24.2 Å². The van der Waals surface area contributed by atoms with Crippen molar-refractivity contribution in [3.63, 3.8) is 0 Å². The highest BCUT2D eigenvalue weighted by Gasteiger charge is 2.22. The fourth-order valence-electron chi connectivity index (χ4n) is 4.19. The van der Waals surface area contributed by atoms with E-state index in [0.29, 0.717) is 31.0 Å². The van der Waals surface area contributed by atoms with Crippen LogP contribution in [0.25, 0.3) is 22.5 Å². The zero-order valence-electron chi connectivity index (χ0n) is 26.9. The Hall–Kier alpha value is -3.81. The lowest BCUT2D eigenvalue weighted by Gasteiger charge is -2.17. The number of carbonyl (C=O) groups excluding carboxylic acids is 1. The standard InChI is InChI=1S/C31H31NO5S.C4H10.C2H6/c1-21-8-6-7-11-25(21)27-18-22(12-14-26(27)30(33)32-28(31(34)35)16-17-38-2)19-36-20-24-13-15-29(37-24)23-9-4-3-5-10-23;1-3-4-2;1-2/h3-15,18,28H,16-17,19-20H2,1-2H3,(H,32,33)(H,34,35);3-4H2,1-2H3;1-2H3. The smallest absolute Gasteiger partial charge is 0.326 e. The van der Waals surface area contributed by atoms with Crippen LogP contribution in [0.3, 0.4) is 0 Å². The van der Waals surface area contributed by atoms with Crippen molar-refractivity contribution in [3.8, 4) is 22.5 Å². The van der Waals surface area contributed by atoms with Gasteiger partial charge in [-0.1, -0.05) is 101 Å². The predicted molar refractivity (Wildman–Crippen MR) is 183 cm³/mol. The summed E-state index contributed by atoms with van der Waals surface area (Å²) in [6.45, 7) is 11.0. The van der Waals surface area contributed by atoms with Crippen LogP contribution in [-0.2, 0) is 22.7 Å². The van der Waals surface area contributed by atoms with Gasteiger partial charge in [-0.15, -0.1) is 0 Å². The molecule has 3 aromatic carbocycles. The molecule has 0 bridgehead atoms. The van der Waals surface area contributed by atoms with E-state index in [1.54, 1.807) is 17.8 Å². The Morgan fingerprint density at radius 1 is 0.886 bits per heavy atom. The zero-order valence-corrected chi connectivity index (χ0v) is 27.7. The van der Waals surface area contributed by atoms with Gasteiger partial charge in [-0.05, 0) is 71.9 Å². The molecular formula is C37H47NO5S. The molecule has 1 amide bonds. The molecule has 0 saturated carbocycles. The lowest BCUT2D eigenvalue weighted by Crippen LogP contribution is -2.41. The van der Waals surface area contributed by atoms with Gasteiger partial charge in [-0.3, -0.25) is 4.79 Å². The van der Waals surface area contributed by atoms with Gasteiger partial charge in [0.15, 0.2) is 0 Å². The van der Waals surface area contributed by atoms with E-state index < -0.39 is 17.9 Å². The number of unbranched alkanes of at least 4 members (excludes halogenated alkanes) is 1. The summed E-state index contributed by atoms with van der Waals surface area (Å²) < 4.78 is 11.9. The second kappa shape index (κ2) is 20.2. The maximum atomic E-state index is 13.2. The van der Waals surface area contributed by atoms with Gasteiger partial charge >= 0.3 is 5.97 Å². The Kier molecular flexibility index (Phi) is 16.7. The summed E-state index contributed by atoms with van der Waals surface area (Å²) in [6, 6.07) is 26.1. The fraction of sp³-hybridized carbons (Fsp3) is 0.351. The number of furan rings is 1. The molecule has 0 aliphatic heterocycles. The van der Waals surface area contributed by atoms with Gasteiger partial charge in [0.2, 0.25) is 0 Å². The SMILES string of the molecule is CC.CCCC.CSCCC(NC(=O)c1ccc(COCc2ccc(-c3ccccc3)o2)cc1-c1ccccc1C)C(=O)O. The van der Waals surface area contributed by atoms with Crippen molar-refractivity contribution >= 4 is 23.6 Å². The van der Waals surface area contributed by atoms with E-state index >= 15 is 0 Å². The molecule has 4 aromatic rings. The van der Waals surface area contributed by atoms with Crippen LogP contribution < -0.4 is 5.32 Å². The minimum Gasteiger partial charge on any atom is -0.480 e. The van der Waals surface area contributed by atoms with E-state index in [2.05, 4.69) is 19.2 Å². The van der Waals surface area contributed by atoms with Gasteiger partial charge in [0.25, 0.3) is 5.91 Å². The number of aliphatic carboxylic acids is 1. The Labute approximate surface area is 267 Å². The summed E-state index contributed by atoms with van der Waals surface area (Å²) in [5.74, 6) is 0.708. The highest BCUT2D eigenvalue weighted by atomic mass is 32.2. The number of ether oxygens (including phenoxy) is 1. The molecule has 0 saturated heterocycles. The molecule has 0 aliphatic carbocycles. The molecular weight excluding hydrogens is 570 g/mol. The molecule has 7 heteroatoms. The maximum Gasteiger partial charge on any atom is 0.326 e. The third-order valence-electron chi connectivity index (χ3n) is 6.71. The number of carboxylic acids is 1. The van der Waals surface area contributed by atoms with Gasteiger partial charge in [0.05, 0.1) is 6.61 Å². The van der Waals surface area contributed by atoms with Gasteiger partial charge in [-0.25, -0.2) is 4.79 Å².